The predicted octanol–water partition coefficient (Wildman–Crippen LogP) is 2.04. The van der Waals surface area contributed by atoms with Crippen LogP contribution in [0, 0.1) is 5.92 Å². The van der Waals surface area contributed by atoms with Crippen LogP contribution >= 0.6 is 11.6 Å². The summed E-state index contributed by atoms with van der Waals surface area (Å²) in [4.78, 5) is 41.4. The molecule has 0 bridgehead atoms. The molecule has 1 fully saturated rings. The molecular formula is C16H18ClN3O4. The number of nitrogens with zero attached hydrogens (tertiary/aromatic N) is 2. The second-order valence-corrected chi connectivity index (χ2v) is 5.46. The topological polar surface area (TPSA) is 88.1 Å². The maximum Gasteiger partial charge on any atom is 0.335 e. The van der Waals surface area contributed by atoms with Crippen molar-refractivity contribution in [1.29, 1.82) is 0 Å². The number of benzene rings is 1. The van der Waals surface area contributed by atoms with Gasteiger partial charge in [-0.3, -0.25) is 19.9 Å². The van der Waals surface area contributed by atoms with Crippen molar-refractivity contribution >= 4 is 41.3 Å². The molecule has 7 nitrogen and oxygen atoms in total. The van der Waals surface area contributed by atoms with Crippen LogP contribution in [0.2, 0.25) is 5.02 Å². The summed E-state index contributed by atoms with van der Waals surface area (Å²) in [6, 6.07) is 5.40. The van der Waals surface area contributed by atoms with E-state index in [1.54, 1.807) is 12.1 Å². The number of hydrogen-bond acceptors (Lipinski definition) is 5. The van der Waals surface area contributed by atoms with Crippen molar-refractivity contribution in [2.45, 2.75) is 13.3 Å². The third kappa shape index (κ3) is 4.39. The highest BCUT2D eigenvalue weighted by Crippen LogP contribution is 2.22. The summed E-state index contributed by atoms with van der Waals surface area (Å²) in [7, 11) is 0. The molecular weight excluding hydrogens is 334 g/mol. The Morgan fingerprint density at radius 3 is 2.67 bits per heavy atom. The summed E-state index contributed by atoms with van der Waals surface area (Å²) in [5.41, 5.74) is 0.337. The molecule has 8 heteroatoms. The van der Waals surface area contributed by atoms with Gasteiger partial charge in [-0.05, 0) is 37.6 Å². The lowest BCUT2D eigenvalue weighted by molar-refractivity contribution is -0.131. The van der Waals surface area contributed by atoms with Gasteiger partial charge in [-0.2, -0.15) is 0 Å². The number of rotatable bonds is 7. The summed E-state index contributed by atoms with van der Waals surface area (Å²) < 4.78 is 5.18. The number of nitrogens with one attached hydrogen (secondary N) is 1. The van der Waals surface area contributed by atoms with Gasteiger partial charge in [-0.15, -0.1) is 0 Å². The first kappa shape index (κ1) is 18.1. The molecule has 1 heterocycles. The Kier molecular flexibility index (Phi) is 6.45. The highest BCUT2D eigenvalue weighted by Gasteiger charge is 2.40. The number of barbiturate groups is 1. The number of ether oxygens (including phenoxy) is 1. The summed E-state index contributed by atoms with van der Waals surface area (Å²) in [6.07, 6.45) is 1.96. The van der Waals surface area contributed by atoms with Crippen molar-refractivity contribution in [1.82, 2.24) is 5.32 Å². The molecule has 24 heavy (non-hydrogen) atoms. The van der Waals surface area contributed by atoms with Crippen LogP contribution in [0.5, 0.6) is 0 Å². The van der Waals surface area contributed by atoms with Crippen molar-refractivity contribution in [3.8, 4) is 0 Å². The van der Waals surface area contributed by atoms with Gasteiger partial charge >= 0.3 is 6.03 Å². The van der Waals surface area contributed by atoms with Gasteiger partial charge in [-0.25, -0.2) is 9.69 Å². The average Bonchev–Trinajstić information content (AvgIpc) is 2.55. The number of carbonyl (C=O) groups excluding carboxylic acids is 3. The number of amides is 4. The van der Waals surface area contributed by atoms with Gasteiger partial charge in [0.1, 0.15) is 0 Å². The maximum atomic E-state index is 12.5. The Hall–Kier alpha value is -2.25. The van der Waals surface area contributed by atoms with Crippen LogP contribution in [-0.2, 0) is 14.3 Å². The van der Waals surface area contributed by atoms with Gasteiger partial charge in [0.15, 0.2) is 5.92 Å². The van der Waals surface area contributed by atoms with Gasteiger partial charge in [-0.1, -0.05) is 11.6 Å². The van der Waals surface area contributed by atoms with Crippen molar-refractivity contribution in [3.63, 3.8) is 0 Å². The molecule has 0 saturated carbocycles. The lowest BCUT2D eigenvalue weighted by Gasteiger charge is -2.28. The first-order valence-corrected chi connectivity index (χ1v) is 7.94. The lowest BCUT2D eigenvalue weighted by atomic mass is 10.1. The molecule has 1 atom stereocenters. The Balaban J connectivity index is 2.07. The fourth-order valence-corrected chi connectivity index (χ4v) is 2.26. The molecule has 1 saturated heterocycles. The number of halogens is 1. The molecule has 1 N–H and O–H groups in total. The predicted molar refractivity (Wildman–Crippen MR) is 90.4 cm³/mol. The SMILES string of the molecule is CCOCCCN=CC1C(=O)NC(=O)N(c2ccc(Cl)cc2)C1=O. The Bertz CT molecular complexity index is 645. The van der Waals surface area contributed by atoms with Crippen molar-refractivity contribution < 1.29 is 19.1 Å². The van der Waals surface area contributed by atoms with Gasteiger partial charge in [0.25, 0.3) is 5.91 Å². The molecule has 1 aliphatic rings. The molecule has 1 aromatic carbocycles. The minimum Gasteiger partial charge on any atom is -0.382 e. The molecule has 0 spiro atoms. The van der Waals surface area contributed by atoms with E-state index in [9.17, 15) is 14.4 Å². The number of hydrogen-bond donors (Lipinski definition) is 1. The van der Waals surface area contributed by atoms with Crippen LogP contribution in [0.1, 0.15) is 13.3 Å². The van der Waals surface area contributed by atoms with E-state index in [1.807, 2.05) is 6.92 Å². The smallest absolute Gasteiger partial charge is 0.335 e. The van der Waals surface area contributed by atoms with E-state index in [2.05, 4.69) is 10.3 Å². The quantitative estimate of drug-likeness (QED) is 0.462. The lowest BCUT2D eigenvalue weighted by Crippen LogP contribution is -2.58. The van der Waals surface area contributed by atoms with Crippen molar-refractivity contribution in [2.24, 2.45) is 10.9 Å². The summed E-state index contributed by atoms with van der Waals surface area (Å²) >= 11 is 5.81. The summed E-state index contributed by atoms with van der Waals surface area (Å²) in [6.45, 7) is 3.53. The monoisotopic (exact) mass is 351 g/mol. The van der Waals surface area contributed by atoms with E-state index in [4.69, 9.17) is 16.3 Å². The molecule has 128 valence electrons. The molecule has 1 unspecified atom stereocenters. The number of imide groups is 2. The summed E-state index contributed by atoms with van der Waals surface area (Å²) in [5.74, 6) is -2.45. The summed E-state index contributed by atoms with van der Waals surface area (Å²) in [5, 5.41) is 2.64. The molecule has 0 aromatic heterocycles. The molecule has 2 rings (SSSR count). The van der Waals surface area contributed by atoms with Crippen LogP contribution in [0.4, 0.5) is 10.5 Å². The van der Waals surface area contributed by atoms with Gasteiger partial charge in [0, 0.05) is 31.0 Å². The fraction of sp³-hybridized carbons (Fsp3) is 0.375. The first-order chi connectivity index (χ1) is 11.5. The number of carbonyl (C=O) groups is 3. The molecule has 0 radical (unpaired) electrons. The van der Waals surface area contributed by atoms with Crippen molar-refractivity contribution in [2.75, 3.05) is 24.7 Å². The largest absolute Gasteiger partial charge is 0.382 e. The van der Waals surface area contributed by atoms with Crippen molar-refractivity contribution in [3.05, 3.63) is 29.3 Å². The molecule has 1 aliphatic heterocycles. The third-order valence-corrected chi connectivity index (χ3v) is 3.57. The van der Waals surface area contributed by atoms with E-state index >= 15 is 0 Å². The van der Waals surface area contributed by atoms with Crippen LogP contribution in [0.15, 0.2) is 29.3 Å². The van der Waals surface area contributed by atoms with E-state index in [0.29, 0.717) is 36.9 Å². The zero-order valence-corrected chi connectivity index (χ0v) is 14.0. The van der Waals surface area contributed by atoms with E-state index in [0.717, 1.165) is 4.90 Å². The molecule has 1 aromatic rings. The third-order valence-electron chi connectivity index (χ3n) is 3.32. The second-order valence-electron chi connectivity index (χ2n) is 5.03. The maximum absolute atomic E-state index is 12.5. The number of anilines is 1. The zero-order valence-electron chi connectivity index (χ0n) is 13.2. The minimum absolute atomic E-state index is 0.337. The van der Waals surface area contributed by atoms with Gasteiger partial charge in [0.05, 0.1) is 5.69 Å². The van der Waals surface area contributed by atoms with E-state index in [1.165, 1.54) is 18.3 Å². The standard InChI is InChI=1S/C16H18ClN3O4/c1-2-24-9-3-8-18-10-13-14(21)19-16(23)20(15(13)22)12-6-4-11(17)5-7-12/h4-7,10,13H,2-3,8-9H2,1H3,(H,19,21,23). The van der Waals surface area contributed by atoms with Gasteiger partial charge < -0.3 is 4.74 Å². The Morgan fingerprint density at radius 2 is 2.00 bits per heavy atom. The van der Waals surface area contributed by atoms with Gasteiger partial charge in [0.2, 0.25) is 5.91 Å². The Morgan fingerprint density at radius 1 is 1.29 bits per heavy atom. The highest BCUT2D eigenvalue weighted by molar-refractivity contribution is 6.33. The Labute approximate surface area is 144 Å². The molecule has 0 aliphatic carbocycles. The van der Waals surface area contributed by atoms with Crippen LogP contribution in [0.25, 0.3) is 0 Å². The average molecular weight is 352 g/mol. The van der Waals surface area contributed by atoms with E-state index in [-0.39, 0.29) is 0 Å². The second kappa shape index (κ2) is 8.56. The van der Waals surface area contributed by atoms with Crippen LogP contribution < -0.4 is 10.2 Å². The highest BCUT2D eigenvalue weighted by atomic mass is 35.5. The zero-order chi connectivity index (χ0) is 17.5. The van der Waals surface area contributed by atoms with E-state index < -0.39 is 23.8 Å². The number of aliphatic imine (C=N–C) groups is 1. The number of urea groups is 1. The normalized spacial score (nSPS) is 18.3. The first-order valence-electron chi connectivity index (χ1n) is 7.56. The fourth-order valence-electron chi connectivity index (χ4n) is 2.14. The van der Waals surface area contributed by atoms with Crippen LogP contribution in [0.3, 0.4) is 0 Å². The molecule has 4 amide bonds. The minimum atomic E-state index is -1.13. The van der Waals surface area contributed by atoms with Crippen LogP contribution in [-0.4, -0.2) is 43.8 Å².